The maximum Gasteiger partial charge on any atom is 0.271 e. The molecule has 0 spiro atoms. The van der Waals surface area contributed by atoms with Gasteiger partial charge in [0, 0.05) is 4.47 Å². The third-order valence-corrected chi connectivity index (χ3v) is 6.21. The molecule has 20 heavy (non-hydrogen) atoms. The number of aliphatic hydroxyl groups excluding tert-OH is 1. The van der Waals surface area contributed by atoms with Crippen molar-refractivity contribution in [3.05, 3.63) is 43.7 Å². The second-order valence-corrected chi connectivity index (χ2v) is 8.33. The molecule has 0 bridgehead atoms. The molecule has 0 saturated carbocycles. The van der Waals surface area contributed by atoms with Gasteiger partial charge in [-0.1, -0.05) is 39.1 Å². The minimum Gasteiger partial charge on any atom is -0.392 e. The quantitative estimate of drug-likeness (QED) is 0.787. The Morgan fingerprint density at radius 3 is 2.35 bits per heavy atom. The van der Waals surface area contributed by atoms with E-state index in [-0.39, 0.29) is 26.5 Å². The maximum atomic E-state index is 12.2. The second-order valence-electron chi connectivity index (χ2n) is 3.78. The zero-order valence-electron chi connectivity index (χ0n) is 9.73. The molecule has 0 radical (unpaired) electrons. The number of sulfonamides is 1. The lowest BCUT2D eigenvalue weighted by Crippen LogP contribution is -2.12. The summed E-state index contributed by atoms with van der Waals surface area (Å²) < 4.78 is 27.5. The fourth-order valence-corrected chi connectivity index (χ4v) is 5.12. The Morgan fingerprint density at radius 1 is 1.25 bits per heavy atom. The average molecular weight is 417 g/mol. The minimum atomic E-state index is -3.79. The summed E-state index contributed by atoms with van der Waals surface area (Å²) in [6.45, 7) is -0.216. The average Bonchev–Trinajstić information content (AvgIpc) is 2.83. The van der Waals surface area contributed by atoms with E-state index >= 15 is 0 Å². The number of halogens is 3. The first-order valence-electron chi connectivity index (χ1n) is 5.19. The summed E-state index contributed by atoms with van der Waals surface area (Å²) in [5.74, 6) is 0. The van der Waals surface area contributed by atoms with Crippen LogP contribution in [0.25, 0.3) is 0 Å². The zero-order chi connectivity index (χ0) is 14.9. The summed E-state index contributed by atoms with van der Waals surface area (Å²) >= 11 is 16.2. The Kier molecular flexibility index (Phi) is 4.99. The van der Waals surface area contributed by atoms with E-state index in [1.807, 2.05) is 0 Å². The van der Waals surface area contributed by atoms with E-state index in [1.54, 1.807) is 17.5 Å². The lowest BCUT2D eigenvalue weighted by atomic mass is 10.3. The summed E-state index contributed by atoms with van der Waals surface area (Å²) in [4.78, 5) is 0. The second kappa shape index (κ2) is 6.21. The largest absolute Gasteiger partial charge is 0.392 e. The van der Waals surface area contributed by atoms with Gasteiger partial charge in [-0.05, 0) is 29.1 Å². The third-order valence-electron chi connectivity index (χ3n) is 2.32. The fraction of sp³-hybridized carbons (Fsp3) is 0.0909. The highest BCUT2D eigenvalue weighted by Crippen LogP contribution is 2.35. The first-order valence-corrected chi connectivity index (χ1v) is 9.10. The SMILES string of the molecule is O=S(=O)(Nc1c(Cl)cc(Br)cc1Cl)c1cc(CO)cs1. The molecule has 1 heterocycles. The van der Waals surface area contributed by atoms with Gasteiger partial charge in [-0.2, -0.15) is 0 Å². The highest BCUT2D eigenvalue weighted by Gasteiger charge is 2.20. The zero-order valence-corrected chi connectivity index (χ0v) is 14.5. The molecule has 0 aliphatic rings. The van der Waals surface area contributed by atoms with Crippen molar-refractivity contribution < 1.29 is 13.5 Å². The first-order chi connectivity index (χ1) is 9.33. The van der Waals surface area contributed by atoms with Crippen molar-refractivity contribution in [2.24, 2.45) is 0 Å². The third kappa shape index (κ3) is 3.47. The maximum absolute atomic E-state index is 12.2. The van der Waals surface area contributed by atoms with Crippen LogP contribution in [0, 0.1) is 0 Å². The first kappa shape index (κ1) is 16.1. The van der Waals surface area contributed by atoms with Crippen molar-refractivity contribution in [3.8, 4) is 0 Å². The molecular formula is C11H8BrCl2NO3S2. The molecule has 0 saturated heterocycles. The van der Waals surface area contributed by atoms with E-state index in [4.69, 9.17) is 28.3 Å². The molecule has 108 valence electrons. The summed E-state index contributed by atoms with van der Waals surface area (Å²) in [5, 5.41) is 10.9. The van der Waals surface area contributed by atoms with Gasteiger partial charge >= 0.3 is 0 Å². The van der Waals surface area contributed by atoms with Crippen LogP contribution in [0.5, 0.6) is 0 Å². The van der Waals surface area contributed by atoms with Crippen molar-refractivity contribution in [2.75, 3.05) is 4.72 Å². The Balaban J connectivity index is 2.38. The number of aliphatic hydroxyl groups is 1. The smallest absolute Gasteiger partial charge is 0.271 e. The molecule has 0 amide bonds. The van der Waals surface area contributed by atoms with Gasteiger partial charge in [0.15, 0.2) is 0 Å². The molecule has 1 aromatic carbocycles. The van der Waals surface area contributed by atoms with E-state index in [0.717, 1.165) is 11.3 Å². The van der Waals surface area contributed by atoms with Gasteiger partial charge in [0.1, 0.15) is 4.21 Å². The molecule has 0 aliphatic heterocycles. The topological polar surface area (TPSA) is 66.4 Å². The van der Waals surface area contributed by atoms with Gasteiger partial charge in [-0.15, -0.1) is 11.3 Å². The van der Waals surface area contributed by atoms with Crippen molar-refractivity contribution in [3.63, 3.8) is 0 Å². The molecule has 2 aromatic rings. The lowest BCUT2D eigenvalue weighted by molar-refractivity contribution is 0.282. The van der Waals surface area contributed by atoms with Gasteiger partial charge in [-0.3, -0.25) is 4.72 Å². The van der Waals surface area contributed by atoms with E-state index in [1.165, 1.54) is 6.07 Å². The Hall–Kier alpha value is -0.310. The number of anilines is 1. The van der Waals surface area contributed by atoms with Crippen LogP contribution in [0.15, 0.2) is 32.3 Å². The van der Waals surface area contributed by atoms with Crippen LogP contribution in [0.2, 0.25) is 10.0 Å². The summed E-state index contributed by atoms with van der Waals surface area (Å²) in [5.41, 5.74) is 0.652. The molecule has 0 fully saturated rings. The van der Waals surface area contributed by atoms with Crippen molar-refractivity contribution in [1.29, 1.82) is 0 Å². The van der Waals surface area contributed by atoms with Gasteiger partial charge in [-0.25, -0.2) is 8.42 Å². The van der Waals surface area contributed by atoms with Crippen LogP contribution in [0.4, 0.5) is 5.69 Å². The molecule has 0 atom stereocenters. The Labute approximate surface area is 138 Å². The molecular weight excluding hydrogens is 409 g/mol. The van der Waals surface area contributed by atoms with E-state index in [2.05, 4.69) is 20.7 Å². The lowest BCUT2D eigenvalue weighted by Gasteiger charge is -2.10. The number of benzene rings is 1. The van der Waals surface area contributed by atoms with Gasteiger partial charge in [0.05, 0.1) is 22.3 Å². The normalized spacial score (nSPS) is 11.6. The standard InChI is InChI=1S/C11H8BrCl2NO3S2/c12-7-2-8(13)11(9(14)3-7)15-20(17,18)10-1-6(4-16)5-19-10/h1-3,5,15-16H,4H2. The molecule has 2 N–H and O–H groups in total. The molecule has 0 aliphatic carbocycles. The molecule has 2 rings (SSSR count). The number of thiophene rings is 1. The highest BCUT2D eigenvalue weighted by atomic mass is 79.9. The summed E-state index contributed by atoms with van der Waals surface area (Å²) in [6.07, 6.45) is 0. The van der Waals surface area contributed by atoms with Crippen LogP contribution >= 0.6 is 50.5 Å². The monoisotopic (exact) mass is 415 g/mol. The molecule has 4 nitrogen and oxygen atoms in total. The van der Waals surface area contributed by atoms with Crippen LogP contribution in [0.1, 0.15) is 5.56 Å². The fourth-order valence-electron chi connectivity index (χ4n) is 1.40. The number of nitrogens with one attached hydrogen (secondary N) is 1. The minimum absolute atomic E-state index is 0.0802. The Bertz CT molecular complexity index is 723. The van der Waals surface area contributed by atoms with Crippen LogP contribution in [0.3, 0.4) is 0 Å². The molecule has 9 heteroatoms. The predicted octanol–water partition coefficient (Wildman–Crippen LogP) is 4.11. The number of rotatable bonds is 4. The van der Waals surface area contributed by atoms with Crippen LogP contribution in [-0.2, 0) is 16.6 Å². The Morgan fingerprint density at radius 2 is 1.85 bits per heavy atom. The highest BCUT2D eigenvalue weighted by molar-refractivity contribution is 9.10. The molecule has 0 unspecified atom stereocenters. The number of hydrogen-bond acceptors (Lipinski definition) is 4. The van der Waals surface area contributed by atoms with Crippen molar-refractivity contribution in [2.45, 2.75) is 10.8 Å². The van der Waals surface area contributed by atoms with Crippen LogP contribution < -0.4 is 4.72 Å². The van der Waals surface area contributed by atoms with E-state index in [9.17, 15) is 8.42 Å². The molecule has 1 aromatic heterocycles. The van der Waals surface area contributed by atoms with Crippen molar-refractivity contribution in [1.82, 2.24) is 0 Å². The van der Waals surface area contributed by atoms with Gasteiger partial charge in [0.25, 0.3) is 10.0 Å². The number of hydrogen-bond donors (Lipinski definition) is 2. The van der Waals surface area contributed by atoms with Gasteiger partial charge < -0.3 is 5.11 Å². The van der Waals surface area contributed by atoms with Gasteiger partial charge in [0.2, 0.25) is 0 Å². The van der Waals surface area contributed by atoms with E-state index in [0.29, 0.717) is 10.0 Å². The summed E-state index contributed by atoms with van der Waals surface area (Å²) in [6, 6.07) is 4.48. The van der Waals surface area contributed by atoms with E-state index < -0.39 is 10.0 Å². The predicted molar refractivity (Wildman–Crippen MR) is 85.2 cm³/mol. The summed E-state index contributed by atoms with van der Waals surface area (Å²) in [7, 11) is -3.79. The van der Waals surface area contributed by atoms with Crippen LogP contribution in [-0.4, -0.2) is 13.5 Å². The van der Waals surface area contributed by atoms with Crippen molar-refractivity contribution >= 4 is 66.2 Å².